The molecule has 1 aliphatic heterocycles. The van der Waals surface area contributed by atoms with E-state index in [1.807, 2.05) is 6.07 Å². The first kappa shape index (κ1) is 19.4. The van der Waals surface area contributed by atoms with Gasteiger partial charge in [-0.3, -0.25) is 4.79 Å². The zero-order valence-electron chi connectivity index (χ0n) is 14.8. The molecule has 1 amide bonds. The minimum Gasteiger partial charge on any atom is -0.325 e. The normalized spacial score (nSPS) is 17.0. The number of nitrogens with zero attached hydrogens (tertiary/aromatic N) is 3. The number of sulfonamides is 1. The predicted octanol–water partition coefficient (Wildman–Crippen LogP) is 1.50. The number of carbonyl (C=O) groups is 1. The third-order valence-electron chi connectivity index (χ3n) is 4.36. The van der Waals surface area contributed by atoms with Gasteiger partial charge in [0, 0.05) is 31.9 Å². The second-order valence-electron chi connectivity index (χ2n) is 6.56. The molecule has 0 spiro atoms. The number of likely N-dealkylation sites (N-methyl/N-ethyl adjacent to an activating group) is 1. The first-order valence-corrected chi connectivity index (χ1v) is 9.70. The van der Waals surface area contributed by atoms with Crippen LogP contribution < -0.4 is 5.32 Å². The highest BCUT2D eigenvalue weighted by atomic mass is 32.2. The Kier molecular flexibility index (Phi) is 5.83. The summed E-state index contributed by atoms with van der Waals surface area (Å²) in [5, 5.41) is 11.6. The Balaban J connectivity index is 2.18. The SMILES string of the molecule is CCN1CCN(S(=O)(=O)c2cccc(NC(=O)C(C)(C)C#N)c2)CC1. The highest BCUT2D eigenvalue weighted by Crippen LogP contribution is 2.23. The number of amides is 1. The molecular formula is C17H24N4O3S. The fourth-order valence-electron chi connectivity index (χ4n) is 2.51. The van der Waals surface area contributed by atoms with E-state index in [2.05, 4.69) is 17.1 Å². The highest BCUT2D eigenvalue weighted by Gasteiger charge is 2.30. The number of nitrogens with one attached hydrogen (secondary N) is 1. The van der Waals surface area contributed by atoms with Gasteiger partial charge in [0.05, 0.1) is 11.0 Å². The van der Waals surface area contributed by atoms with Gasteiger partial charge in [-0.05, 0) is 38.6 Å². The molecule has 1 heterocycles. The average Bonchev–Trinajstić information content (AvgIpc) is 2.62. The van der Waals surface area contributed by atoms with E-state index in [4.69, 9.17) is 5.26 Å². The van der Waals surface area contributed by atoms with Crippen molar-refractivity contribution < 1.29 is 13.2 Å². The molecule has 1 aromatic rings. The zero-order valence-corrected chi connectivity index (χ0v) is 15.6. The van der Waals surface area contributed by atoms with Crippen LogP contribution in [0.4, 0.5) is 5.69 Å². The van der Waals surface area contributed by atoms with E-state index in [0.717, 1.165) is 6.54 Å². The maximum atomic E-state index is 12.8. The van der Waals surface area contributed by atoms with Crippen LogP contribution >= 0.6 is 0 Å². The van der Waals surface area contributed by atoms with Crippen molar-refractivity contribution in [1.82, 2.24) is 9.21 Å². The second-order valence-corrected chi connectivity index (χ2v) is 8.50. The molecule has 7 nitrogen and oxygen atoms in total. The molecule has 136 valence electrons. The van der Waals surface area contributed by atoms with Gasteiger partial charge in [-0.2, -0.15) is 9.57 Å². The Morgan fingerprint density at radius 2 is 1.92 bits per heavy atom. The predicted molar refractivity (Wildman–Crippen MR) is 95.3 cm³/mol. The molecule has 25 heavy (non-hydrogen) atoms. The summed E-state index contributed by atoms with van der Waals surface area (Å²) in [5.74, 6) is -0.471. The molecular weight excluding hydrogens is 340 g/mol. The van der Waals surface area contributed by atoms with Crippen molar-refractivity contribution in [3.05, 3.63) is 24.3 Å². The van der Waals surface area contributed by atoms with Crippen molar-refractivity contribution in [1.29, 1.82) is 5.26 Å². The quantitative estimate of drug-likeness (QED) is 0.854. The summed E-state index contributed by atoms with van der Waals surface area (Å²) >= 11 is 0. The Morgan fingerprint density at radius 3 is 2.48 bits per heavy atom. The zero-order chi connectivity index (χ0) is 18.7. The van der Waals surface area contributed by atoms with Crippen molar-refractivity contribution in [2.24, 2.45) is 5.41 Å². The molecule has 0 atom stereocenters. The Hall–Kier alpha value is -1.95. The third kappa shape index (κ3) is 4.37. The highest BCUT2D eigenvalue weighted by molar-refractivity contribution is 7.89. The van der Waals surface area contributed by atoms with Gasteiger partial charge in [-0.15, -0.1) is 0 Å². The first-order chi connectivity index (χ1) is 11.7. The van der Waals surface area contributed by atoms with Gasteiger partial charge in [0.2, 0.25) is 15.9 Å². The van der Waals surface area contributed by atoms with Crippen LogP contribution in [0.1, 0.15) is 20.8 Å². The lowest BCUT2D eigenvalue weighted by Gasteiger charge is -2.33. The smallest absolute Gasteiger partial charge is 0.244 e. The second kappa shape index (κ2) is 7.52. The molecule has 2 rings (SSSR count). The molecule has 0 aromatic heterocycles. The largest absolute Gasteiger partial charge is 0.325 e. The summed E-state index contributed by atoms with van der Waals surface area (Å²) < 4.78 is 27.1. The maximum Gasteiger partial charge on any atom is 0.244 e. The molecule has 1 saturated heterocycles. The van der Waals surface area contributed by atoms with E-state index in [0.29, 0.717) is 31.9 Å². The number of nitriles is 1. The lowest BCUT2D eigenvalue weighted by molar-refractivity contribution is -0.121. The molecule has 1 aromatic carbocycles. The average molecular weight is 364 g/mol. The van der Waals surface area contributed by atoms with Crippen molar-refractivity contribution >= 4 is 21.6 Å². The Bertz CT molecular complexity index is 775. The van der Waals surface area contributed by atoms with Gasteiger partial charge in [0.25, 0.3) is 0 Å². The molecule has 0 unspecified atom stereocenters. The number of anilines is 1. The Morgan fingerprint density at radius 1 is 1.28 bits per heavy atom. The summed E-state index contributed by atoms with van der Waals surface area (Å²) in [6.07, 6.45) is 0. The van der Waals surface area contributed by atoms with Crippen LogP contribution in [0.2, 0.25) is 0 Å². The Labute approximate surface area is 149 Å². The van der Waals surface area contributed by atoms with Crippen LogP contribution in [0.15, 0.2) is 29.2 Å². The monoisotopic (exact) mass is 364 g/mol. The summed E-state index contributed by atoms with van der Waals surface area (Å²) in [7, 11) is -3.60. The lowest BCUT2D eigenvalue weighted by Crippen LogP contribution is -2.48. The van der Waals surface area contributed by atoms with Crippen molar-refractivity contribution in [3.63, 3.8) is 0 Å². The lowest BCUT2D eigenvalue weighted by atomic mass is 9.95. The third-order valence-corrected chi connectivity index (χ3v) is 6.25. The molecule has 1 fully saturated rings. The summed E-state index contributed by atoms with van der Waals surface area (Å²) in [4.78, 5) is 14.4. The standard InChI is InChI=1S/C17H24N4O3S/c1-4-20-8-10-21(11-9-20)25(23,24)15-7-5-6-14(12-15)19-16(22)17(2,3)13-18/h5-7,12H,4,8-11H2,1-3H3,(H,19,22). The van der Waals surface area contributed by atoms with Crippen molar-refractivity contribution in [2.75, 3.05) is 38.0 Å². The van der Waals surface area contributed by atoms with E-state index in [1.54, 1.807) is 12.1 Å². The number of benzene rings is 1. The molecule has 0 bridgehead atoms. The number of piperazine rings is 1. The molecule has 1 aliphatic rings. The van der Waals surface area contributed by atoms with E-state index in [1.165, 1.54) is 30.3 Å². The van der Waals surface area contributed by atoms with Gasteiger partial charge in [-0.1, -0.05) is 13.0 Å². The van der Waals surface area contributed by atoms with Crippen molar-refractivity contribution in [2.45, 2.75) is 25.7 Å². The molecule has 0 radical (unpaired) electrons. The van der Waals surface area contributed by atoms with E-state index in [-0.39, 0.29) is 4.90 Å². The summed E-state index contributed by atoms with van der Waals surface area (Å²) in [5.41, 5.74) is -0.827. The number of hydrogen-bond donors (Lipinski definition) is 1. The van der Waals surface area contributed by atoms with Crippen molar-refractivity contribution in [3.8, 4) is 6.07 Å². The minimum atomic E-state index is -3.60. The molecule has 0 saturated carbocycles. The van der Waals surface area contributed by atoms with E-state index < -0.39 is 21.3 Å². The first-order valence-electron chi connectivity index (χ1n) is 8.26. The van der Waals surface area contributed by atoms with E-state index in [9.17, 15) is 13.2 Å². The maximum absolute atomic E-state index is 12.8. The topological polar surface area (TPSA) is 93.5 Å². The number of rotatable bonds is 5. The van der Waals surface area contributed by atoms with Crippen LogP contribution in [0.5, 0.6) is 0 Å². The van der Waals surface area contributed by atoms with Crippen LogP contribution in [0.25, 0.3) is 0 Å². The number of hydrogen-bond acceptors (Lipinski definition) is 5. The van der Waals surface area contributed by atoms with E-state index >= 15 is 0 Å². The van der Waals surface area contributed by atoms with Gasteiger partial charge >= 0.3 is 0 Å². The van der Waals surface area contributed by atoms with Gasteiger partial charge in [0.1, 0.15) is 5.41 Å². The fourth-order valence-corrected chi connectivity index (χ4v) is 3.98. The van der Waals surface area contributed by atoms with Crippen LogP contribution in [-0.2, 0) is 14.8 Å². The van der Waals surface area contributed by atoms with Crippen LogP contribution in [-0.4, -0.2) is 56.3 Å². The van der Waals surface area contributed by atoms with Crippen LogP contribution in [0, 0.1) is 16.7 Å². The van der Waals surface area contributed by atoms with Gasteiger partial charge in [0.15, 0.2) is 0 Å². The van der Waals surface area contributed by atoms with Gasteiger partial charge in [-0.25, -0.2) is 8.42 Å². The fraction of sp³-hybridized carbons (Fsp3) is 0.529. The number of carbonyl (C=O) groups excluding carboxylic acids is 1. The molecule has 0 aliphatic carbocycles. The van der Waals surface area contributed by atoms with Crippen LogP contribution in [0.3, 0.4) is 0 Å². The summed E-state index contributed by atoms with van der Waals surface area (Å²) in [6, 6.07) is 8.08. The minimum absolute atomic E-state index is 0.144. The van der Waals surface area contributed by atoms with Gasteiger partial charge < -0.3 is 10.2 Å². The molecule has 8 heteroatoms. The molecule has 1 N–H and O–H groups in total. The summed E-state index contributed by atoms with van der Waals surface area (Å²) in [6.45, 7) is 8.31.